The molecule has 1 aromatic rings. The Morgan fingerprint density at radius 1 is 1.43 bits per heavy atom. The normalized spacial score (nSPS) is 16.9. The van der Waals surface area contributed by atoms with E-state index in [4.69, 9.17) is 9.88 Å². The van der Waals surface area contributed by atoms with Crippen molar-refractivity contribution in [3.63, 3.8) is 0 Å². The number of hydrogen-bond acceptors (Lipinski definition) is 5. The van der Waals surface area contributed by atoms with Gasteiger partial charge in [-0.25, -0.2) is 5.14 Å². The number of carbonyl (C=O) groups is 1. The summed E-state index contributed by atoms with van der Waals surface area (Å²) < 4.78 is 29.5. The van der Waals surface area contributed by atoms with E-state index in [-0.39, 0.29) is 23.8 Å². The van der Waals surface area contributed by atoms with Crippen LogP contribution in [-0.4, -0.2) is 39.6 Å². The molecule has 2 rings (SSSR count). The largest absolute Gasteiger partial charge is 0.363 e. The summed E-state index contributed by atoms with van der Waals surface area (Å²) in [4.78, 5) is 11.8. The van der Waals surface area contributed by atoms with Gasteiger partial charge in [-0.1, -0.05) is 6.07 Å². The van der Waals surface area contributed by atoms with Gasteiger partial charge in [-0.15, -0.1) is 0 Å². The van der Waals surface area contributed by atoms with E-state index in [1.807, 2.05) is 6.92 Å². The molecule has 8 nitrogen and oxygen atoms in total. The number of carbonyl (C=O) groups excluding carboxylic acids is 1. The van der Waals surface area contributed by atoms with Crippen molar-refractivity contribution in [2.75, 3.05) is 29.7 Å². The molecule has 1 saturated heterocycles. The van der Waals surface area contributed by atoms with Gasteiger partial charge in [-0.05, 0) is 25.1 Å². The third-order valence-corrected chi connectivity index (χ3v) is 3.48. The van der Waals surface area contributed by atoms with Crippen molar-refractivity contribution in [2.45, 2.75) is 12.5 Å². The van der Waals surface area contributed by atoms with E-state index in [2.05, 4.69) is 15.4 Å². The minimum absolute atomic E-state index is 0.0645. The van der Waals surface area contributed by atoms with E-state index in [9.17, 15) is 13.2 Å². The van der Waals surface area contributed by atoms with Crippen molar-refractivity contribution < 1.29 is 17.9 Å². The Kier molecular flexibility index (Phi) is 4.47. The Morgan fingerprint density at radius 2 is 2.10 bits per heavy atom. The molecule has 0 saturated carbocycles. The van der Waals surface area contributed by atoms with Crippen LogP contribution in [0.15, 0.2) is 24.3 Å². The van der Waals surface area contributed by atoms with Crippen LogP contribution < -0.4 is 20.5 Å². The third-order valence-electron chi connectivity index (χ3n) is 2.96. The zero-order chi connectivity index (χ0) is 15.5. The van der Waals surface area contributed by atoms with E-state index in [0.717, 1.165) is 0 Å². The number of benzene rings is 1. The predicted octanol–water partition coefficient (Wildman–Crippen LogP) is -0.381. The lowest BCUT2D eigenvalue weighted by atomic mass is 10.0. The highest BCUT2D eigenvalue weighted by Crippen LogP contribution is 2.17. The lowest BCUT2D eigenvalue weighted by molar-refractivity contribution is -0.130. The fraction of sp³-hybridized carbons (Fsp3) is 0.417. The molecule has 1 fully saturated rings. The molecule has 1 aromatic carbocycles. The number of rotatable bonds is 6. The molecule has 5 N–H and O–H groups in total. The van der Waals surface area contributed by atoms with E-state index in [1.54, 1.807) is 12.1 Å². The van der Waals surface area contributed by atoms with Gasteiger partial charge in [0.15, 0.2) is 0 Å². The zero-order valence-corrected chi connectivity index (χ0v) is 12.4. The first-order valence-corrected chi connectivity index (χ1v) is 7.86. The van der Waals surface area contributed by atoms with Crippen LogP contribution >= 0.6 is 0 Å². The molecule has 1 amide bonds. The molecule has 0 aromatic heterocycles. The maximum Gasteiger partial charge on any atom is 0.296 e. The van der Waals surface area contributed by atoms with E-state index < -0.39 is 10.2 Å². The maximum absolute atomic E-state index is 11.8. The number of anilines is 2. The Labute approximate surface area is 123 Å². The van der Waals surface area contributed by atoms with Gasteiger partial charge < -0.3 is 15.4 Å². The number of nitrogens with two attached hydrogens (primary N) is 1. The molecule has 21 heavy (non-hydrogen) atoms. The Balaban J connectivity index is 1.90. The van der Waals surface area contributed by atoms with E-state index >= 15 is 0 Å². The molecular formula is C12H18N4O4S. The van der Waals surface area contributed by atoms with Crippen molar-refractivity contribution in [1.82, 2.24) is 5.32 Å². The molecule has 9 heteroatoms. The summed E-state index contributed by atoms with van der Waals surface area (Å²) in [6, 6.07) is 6.23. The predicted molar refractivity (Wildman–Crippen MR) is 79.0 cm³/mol. The Hall–Kier alpha value is -1.68. The van der Waals surface area contributed by atoms with Crippen molar-refractivity contribution in [3.05, 3.63) is 24.3 Å². The molecule has 0 unspecified atom stereocenters. The smallest absolute Gasteiger partial charge is 0.296 e. The lowest BCUT2D eigenvalue weighted by Gasteiger charge is -2.38. The second-order valence-electron chi connectivity index (χ2n) is 5.12. The van der Waals surface area contributed by atoms with E-state index in [0.29, 0.717) is 18.8 Å². The van der Waals surface area contributed by atoms with E-state index in [1.165, 1.54) is 12.1 Å². The number of amides is 1. The topological polar surface area (TPSA) is 123 Å². The van der Waals surface area contributed by atoms with Gasteiger partial charge in [-0.2, -0.15) is 8.42 Å². The minimum atomic E-state index is -3.84. The van der Waals surface area contributed by atoms with Crippen LogP contribution in [0.1, 0.15) is 6.92 Å². The zero-order valence-electron chi connectivity index (χ0n) is 11.5. The van der Waals surface area contributed by atoms with Gasteiger partial charge in [-0.3, -0.25) is 9.52 Å². The highest BCUT2D eigenvalue weighted by atomic mass is 32.2. The average Bonchev–Trinajstić information content (AvgIpc) is 2.32. The van der Waals surface area contributed by atoms with Crippen LogP contribution in [0.5, 0.6) is 0 Å². The maximum atomic E-state index is 11.8. The molecule has 0 aliphatic carbocycles. The van der Waals surface area contributed by atoms with Gasteiger partial charge in [0.05, 0.1) is 11.3 Å². The Morgan fingerprint density at radius 3 is 2.67 bits per heavy atom. The monoisotopic (exact) mass is 314 g/mol. The average molecular weight is 314 g/mol. The van der Waals surface area contributed by atoms with Gasteiger partial charge in [0.25, 0.3) is 10.2 Å². The minimum Gasteiger partial charge on any atom is -0.363 e. The molecule has 1 aliphatic rings. The SMILES string of the molecule is CC1(OCC(=O)Nc2cccc(NS(N)(=O)=O)c2)CNC1. The van der Waals surface area contributed by atoms with Crippen molar-refractivity contribution in [1.29, 1.82) is 0 Å². The van der Waals surface area contributed by atoms with Crippen LogP contribution in [0.2, 0.25) is 0 Å². The quantitative estimate of drug-likeness (QED) is 0.570. The highest BCUT2D eigenvalue weighted by Gasteiger charge is 2.32. The molecule has 116 valence electrons. The summed E-state index contributed by atoms with van der Waals surface area (Å²) in [6.45, 7) is 3.29. The van der Waals surface area contributed by atoms with Crippen LogP contribution in [0.3, 0.4) is 0 Å². The molecule has 0 bridgehead atoms. The Bertz CT molecular complexity index is 628. The summed E-state index contributed by atoms with van der Waals surface area (Å²) in [6.07, 6.45) is 0. The molecule has 1 heterocycles. The van der Waals surface area contributed by atoms with Gasteiger partial charge in [0.2, 0.25) is 5.91 Å². The first kappa shape index (κ1) is 15.7. The summed E-state index contributed by atoms with van der Waals surface area (Å²) in [5.41, 5.74) is 0.425. The number of nitrogens with one attached hydrogen (secondary N) is 3. The van der Waals surface area contributed by atoms with Gasteiger partial charge in [0, 0.05) is 18.8 Å². The van der Waals surface area contributed by atoms with Crippen LogP contribution in [0.4, 0.5) is 11.4 Å². The summed E-state index contributed by atoms with van der Waals surface area (Å²) in [5.74, 6) is -0.309. The summed E-state index contributed by atoms with van der Waals surface area (Å²) >= 11 is 0. The van der Waals surface area contributed by atoms with Crippen molar-refractivity contribution >= 4 is 27.5 Å². The molecular weight excluding hydrogens is 296 g/mol. The summed E-state index contributed by atoms with van der Waals surface area (Å²) in [5, 5.41) is 10.6. The molecule has 0 radical (unpaired) electrons. The second-order valence-corrected chi connectivity index (χ2v) is 6.41. The van der Waals surface area contributed by atoms with Crippen molar-refractivity contribution in [2.24, 2.45) is 5.14 Å². The first-order valence-electron chi connectivity index (χ1n) is 6.31. The number of hydrogen-bond donors (Lipinski definition) is 4. The van der Waals surface area contributed by atoms with Gasteiger partial charge >= 0.3 is 0 Å². The van der Waals surface area contributed by atoms with Gasteiger partial charge in [0.1, 0.15) is 6.61 Å². The lowest BCUT2D eigenvalue weighted by Crippen LogP contribution is -2.59. The van der Waals surface area contributed by atoms with Crippen molar-refractivity contribution in [3.8, 4) is 0 Å². The molecule has 0 spiro atoms. The molecule has 0 atom stereocenters. The van der Waals surface area contributed by atoms with Crippen LogP contribution in [0, 0.1) is 0 Å². The highest BCUT2D eigenvalue weighted by molar-refractivity contribution is 7.90. The first-order chi connectivity index (χ1) is 9.76. The van der Waals surface area contributed by atoms with Crippen LogP contribution in [0.25, 0.3) is 0 Å². The summed E-state index contributed by atoms with van der Waals surface area (Å²) in [7, 11) is -3.84. The van der Waals surface area contributed by atoms with Crippen LogP contribution in [-0.2, 0) is 19.7 Å². The second kappa shape index (κ2) is 5.98. The fourth-order valence-electron chi connectivity index (χ4n) is 1.84. The standard InChI is InChI=1S/C12H18N4O4S/c1-12(7-14-8-12)20-6-11(17)15-9-3-2-4-10(5-9)16-21(13,18)19/h2-5,14,16H,6-8H2,1H3,(H,15,17)(H2,13,18,19). The molecule has 1 aliphatic heterocycles. The third kappa shape index (κ3) is 4.97. The fourth-order valence-corrected chi connectivity index (χ4v) is 2.30. The number of ether oxygens (including phenoxy) is 1.